The van der Waals surface area contributed by atoms with Gasteiger partial charge in [-0.15, -0.1) is 0 Å². The lowest BCUT2D eigenvalue weighted by Gasteiger charge is -2.34. The minimum Gasteiger partial charge on any atom is -0.354 e. The smallest absolute Gasteiger partial charge is 0.243 e. The lowest BCUT2D eigenvalue weighted by atomic mass is 10.2. The highest BCUT2D eigenvalue weighted by molar-refractivity contribution is 7.89. The van der Waals surface area contributed by atoms with Crippen molar-refractivity contribution in [3.8, 4) is 0 Å². The summed E-state index contributed by atoms with van der Waals surface area (Å²) in [6.45, 7) is 6.03. The van der Waals surface area contributed by atoms with Gasteiger partial charge in [-0.25, -0.2) is 18.4 Å². The third-order valence-corrected chi connectivity index (χ3v) is 5.92. The van der Waals surface area contributed by atoms with Crippen LogP contribution in [0.3, 0.4) is 0 Å². The van der Waals surface area contributed by atoms with Gasteiger partial charge in [0.15, 0.2) is 0 Å². The Morgan fingerprint density at radius 2 is 1.61 bits per heavy atom. The molecule has 0 bridgehead atoms. The van der Waals surface area contributed by atoms with Crippen LogP contribution in [-0.2, 0) is 10.0 Å². The largest absolute Gasteiger partial charge is 0.354 e. The summed E-state index contributed by atoms with van der Waals surface area (Å²) in [6, 6.07) is 8.92. The molecule has 1 fully saturated rings. The highest BCUT2D eigenvalue weighted by atomic mass is 32.2. The van der Waals surface area contributed by atoms with Gasteiger partial charge in [-0.05, 0) is 26.0 Å². The average Bonchev–Trinajstić information content (AvgIpc) is 2.55. The zero-order chi connectivity index (χ0) is 16.4. The van der Waals surface area contributed by atoms with E-state index < -0.39 is 10.0 Å². The highest BCUT2D eigenvalue weighted by Gasteiger charge is 2.28. The lowest BCUT2D eigenvalue weighted by Crippen LogP contribution is -2.48. The van der Waals surface area contributed by atoms with Crippen molar-refractivity contribution >= 4 is 15.8 Å². The van der Waals surface area contributed by atoms with E-state index in [1.807, 2.05) is 32.0 Å². The fourth-order valence-corrected chi connectivity index (χ4v) is 4.05. The predicted octanol–water partition coefficient (Wildman–Crippen LogP) is 1.60. The van der Waals surface area contributed by atoms with Crippen LogP contribution in [0.4, 0.5) is 5.82 Å². The van der Waals surface area contributed by atoms with Gasteiger partial charge in [0.1, 0.15) is 12.1 Å². The first kappa shape index (κ1) is 15.9. The van der Waals surface area contributed by atoms with Crippen LogP contribution in [0.15, 0.2) is 41.6 Å². The van der Waals surface area contributed by atoms with Crippen LogP contribution in [0.25, 0.3) is 0 Å². The topological polar surface area (TPSA) is 66.4 Å². The summed E-state index contributed by atoms with van der Waals surface area (Å²) in [4.78, 5) is 10.8. The molecule has 2 heterocycles. The monoisotopic (exact) mass is 332 g/mol. The fourth-order valence-electron chi connectivity index (χ4n) is 2.63. The van der Waals surface area contributed by atoms with Crippen LogP contribution in [0.5, 0.6) is 0 Å². The maximum absolute atomic E-state index is 12.7. The summed E-state index contributed by atoms with van der Waals surface area (Å²) in [5, 5.41) is 0. The molecule has 0 aliphatic carbocycles. The zero-order valence-electron chi connectivity index (χ0n) is 13.3. The molecule has 2 aromatic rings. The van der Waals surface area contributed by atoms with Crippen molar-refractivity contribution in [2.24, 2.45) is 0 Å². The maximum atomic E-state index is 12.7. The summed E-state index contributed by atoms with van der Waals surface area (Å²) in [7, 11) is -3.42. The molecule has 0 radical (unpaired) electrons. The highest BCUT2D eigenvalue weighted by Crippen LogP contribution is 2.20. The minimum atomic E-state index is -3.42. The first-order valence-electron chi connectivity index (χ1n) is 7.57. The summed E-state index contributed by atoms with van der Waals surface area (Å²) in [6.07, 6.45) is 1.54. The molecule has 1 aromatic heterocycles. The van der Waals surface area contributed by atoms with E-state index >= 15 is 0 Å². The van der Waals surface area contributed by atoms with Crippen LogP contribution in [0.2, 0.25) is 0 Å². The Morgan fingerprint density at radius 1 is 0.957 bits per heavy atom. The molecular weight excluding hydrogens is 312 g/mol. The number of sulfonamides is 1. The van der Waals surface area contributed by atoms with Crippen molar-refractivity contribution in [1.29, 1.82) is 0 Å². The molecule has 3 rings (SSSR count). The van der Waals surface area contributed by atoms with E-state index in [1.54, 1.807) is 22.8 Å². The summed E-state index contributed by atoms with van der Waals surface area (Å²) in [5.41, 5.74) is 1.96. The molecule has 122 valence electrons. The molecular formula is C16H20N4O2S. The van der Waals surface area contributed by atoms with E-state index in [2.05, 4.69) is 14.9 Å². The predicted molar refractivity (Wildman–Crippen MR) is 88.9 cm³/mol. The number of benzene rings is 1. The second-order valence-corrected chi connectivity index (χ2v) is 7.66. The van der Waals surface area contributed by atoms with Crippen molar-refractivity contribution in [1.82, 2.24) is 14.3 Å². The van der Waals surface area contributed by atoms with Gasteiger partial charge in [0, 0.05) is 37.9 Å². The van der Waals surface area contributed by atoms with Crippen LogP contribution < -0.4 is 4.90 Å². The number of hydrogen-bond donors (Lipinski definition) is 0. The Bertz CT molecular complexity index is 782. The third kappa shape index (κ3) is 3.35. The van der Waals surface area contributed by atoms with Crippen LogP contribution in [0, 0.1) is 13.8 Å². The third-order valence-electron chi connectivity index (χ3n) is 4.01. The molecule has 0 N–H and O–H groups in total. The molecule has 1 aromatic carbocycles. The Morgan fingerprint density at radius 3 is 2.22 bits per heavy atom. The molecule has 0 saturated carbocycles. The van der Waals surface area contributed by atoms with Crippen molar-refractivity contribution < 1.29 is 8.42 Å². The second-order valence-electron chi connectivity index (χ2n) is 5.72. The Kier molecular flexibility index (Phi) is 4.32. The van der Waals surface area contributed by atoms with Crippen molar-refractivity contribution in [3.05, 3.63) is 47.9 Å². The number of rotatable bonds is 3. The number of hydrogen-bond acceptors (Lipinski definition) is 5. The normalized spacial score (nSPS) is 16.5. The molecule has 1 saturated heterocycles. The standard InChI is InChI=1S/C16H20N4O2S/c1-13-3-5-15(6-4-13)23(21,22)20-9-7-19(8-10-20)16-11-14(2)17-12-18-16/h3-6,11-12H,7-10H2,1-2H3. The van der Waals surface area contributed by atoms with E-state index in [4.69, 9.17) is 0 Å². The molecule has 1 aliphatic heterocycles. The molecule has 0 amide bonds. The van der Waals surface area contributed by atoms with Gasteiger partial charge in [-0.2, -0.15) is 4.31 Å². The number of aromatic nitrogens is 2. The summed E-state index contributed by atoms with van der Waals surface area (Å²) >= 11 is 0. The number of aryl methyl sites for hydroxylation is 2. The number of nitrogens with zero attached hydrogens (tertiary/aromatic N) is 4. The first-order valence-corrected chi connectivity index (χ1v) is 9.01. The van der Waals surface area contributed by atoms with Gasteiger partial charge in [0.25, 0.3) is 0 Å². The molecule has 0 atom stereocenters. The van der Waals surface area contributed by atoms with Gasteiger partial charge in [-0.1, -0.05) is 17.7 Å². The summed E-state index contributed by atoms with van der Waals surface area (Å²) < 4.78 is 26.9. The molecule has 6 nitrogen and oxygen atoms in total. The Balaban J connectivity index is 1.72. The van der Waals surface area contributed by atoms with Crippen LogP contribution >= 0.6 is 0 Å². The molecule has 1 aliphatic rings. The van der Waals surface area contributed by atoms with E-state index in [9.17, 15) is 8.42 Å². The van der Waals surface area contributed by atoms with Gasteiger partial charge >= 0.3 is 0 Å². The zero-order valence-corrected chi connectivity index (χ0v) is 14.1. The van der Waals surface area contributed by atoms with Gasteiger partial charge < -0.3 is 4.90 Å². The number of piperazine rings is 1. The van der Waals surface area contributed by atoms with E-state index in [1.165, 1.54) is 0 Å². The van der Waals surface area contributed by atoms with E-state index in [0.717, 1.165) is 17.1 Å². The molecule has 0 unspecified atom stereocenters. The Hall–Kier alpha value is -1.99. The summed E-state index contributed by atoms with van der Waals surface area (Å²) in [5.74, 6) is 0.852. The molecule has 0 spiro atoms. The van der Waals surface area contributed by atoms with E-state index in [-0.39, 0.29) is 0 Å². The minimum absolute atomic E-state index is 0.356. The van der Waals surface area contributed by atoms with Crippen molar-refractivity contribution in [2.45, 2.75) is 18.7 Å². The quantitative estimate of drug-likeness (QED) is 0.854. The fraction of sp³-hybridized carbons (Fsp3) is 0.375. The van der Waals surface area contributed by atoms with Gasteiger partial charge in [0.2, 0.25) is 10.0 Å². The van der Waals surface area contributed by atoms with Crippen LogP contribution in [-0.4, -0.2) is 48.9 Å². The Labute approximate surface area is 136 Å². The second kappa shape index (κ2) is 6.25. The van der Waals surface area contributed by atoms with Gasteiger partial charge in [-0.3, -0.25) is 0 Å². The molecule has 7 heteroatoms. The van der Waals surface area contributed by atoms with Crippen LogP contribution in [0.1, 0.15) is 11.3 Å². The van der Waals surface area contributed by atoms with Gasteiger partial charge in [0.05, 0.1) is 4.90 Å². The van der Waals surface area contributed by atoms with E-state index in [0.29, 0.717) is 31.1 Å². The average molecular weight is 332 g/mol. The van der Waals surface area contributed by atoms with Crippen molar-refractivity contribution in [2.75, 3.05) is 31.1 Å². The number of anilines is 1. The first-order chi connectivity index (χ1) is 11.0. The maximum Gasteiger partial charge on any atom is 0.243 e. The lowest BCUT2D eigenvalue weighted by molar-refractivity contribution is 0.383. The van der Waals surface area contributed by atoms with Crippen molar-refractivity contribution in [3.63, 3.8) is 0 Å². The SMILES string of the molecule is Cc1ccc(S(=O)(=O)N2CCN(c3cc(C)ncn3)CC2)cc1. The molecule has 23 heavy (non-hydrogen) atoms.